The number of carbonyl (C=O) groups is 1. The highest BCUT2D eigenvalue weighted by molar-refractivity contribution is 5.99. The minimum atomic E-state index is -0.605. The molecule has 0 saturated carbocycles. The number of carbonyl (C=O) groups excluding carboxylic acids is 1. The van der Waals surface area contributed by atoms with Gasteiger partial charge in [0.2, 0.25) is 0 Å². The van der Waals surface area contributed by atoms with Crippen molar-refractivity contribution in [3.05, 3.63) is 29.3 Å². The highest BCUT2D eigenvalue weighted by Crippen LogP contribution is 2.22. The summed E-state index contributed by atoms with van der Waals surface area (Å²) in [5.74, 6) is 0.294. The first-order valence-electron chi connectivity index (χ1n) is 7.53. The van der Waals surface area contributed by atoms with E-state index in [0.717, 1.165) is 30.8 Å². The average Bonchev–Trinajstić information content (AvgIpc) is 2.55. The molecule has 0 aromatic heterocycles. The molecule has 1 amide bonds. The van der Waals surface area contributed by atoms with E-state index >= 15 is 0 Å². The summed E-state index contributed by atoms with van der Waals surface area (Å²) in [6, 6.07) is 5.38. The zero-order valence-corrected chi connectivity index (χ0v) is 13.1. The molecule has 1 aliphatic rings. The second-order valence-electron chi connectivity index (χ2n) is 5.48. The van der Waals surface area contributed by atoms with Crippen molar-refractivity contribution in [3.63, 3.8) is 0 Å². The van der Waals surface area contributed by atoms with Crippen LogP contribution in [0.15, 0.2) is 23.3 Å². The number of ether oxygens (including phenoxy) is 1. The third-order valence-electron chi connectivity index (χ3n) is 3.84. The average molecular weight is 305 g/mol. The minimum Gasteiger partial charge on any atom is -0.508 e. The standard InChI is InChI=1S/C16H23N3O3/c1-12(17-18-16(21)22-2)13-6-7-15(20)14(10-13)11-19-8-4-3-5-9-19/h6-7,10,20H,3-5,8-9,11H2,1-2H3,(H,18,21)/b17-12+. The first-order valence-corrected chi connectivity index (χ1v) is 7.53. The molecule has 1 fully saturated rings. The van der Waals surface area contributed by atoms with Crippen LogP contribution in [0.5, 0.6) is 5.75 Å². The number of hydrogen-bond donors (Lipinski definition) is 2. The van der Waals surface area contributed by atoms with E-state index in [-0.39, 0.29) is 0 Å². The van der Waals surface area contributed by atoms with Crippen LogP contribution in [0.2, 0.25) is 0 Å². The second-order valence-corrected chi connectivity index (χ2v) is 5.48. The number of hydrogen-bond acceptors (Lipinski definition) is 5. The monoisotopic (exact) mass is 305 g/mol. The Hall–Kier alpha value is -2.08. The lowest BCUT2D eigenvalue weighted by Crippen LogP contribution is -2.29. The largest absolute Gasteiger partial charge is 0.508 e. The molecule has 0 bridgehead atoms. The maximum atomic E-state index is 11.0. The Balaban J connectivity index is 2.09. The lowest BCUT2D eigenvalue weighted by Gasteiger charge is -2.26. The number of phenols is 1. The first kappa shape index (κ1) is 16.3. The Morgan fingerprint density at radius 2 is 2.09 bits per heavy atom. The van der Waals surface area contributed by atoms with Crippen molar-refractivity contribution in [2.75, 3.05) is 20.2 Å². The van der Waals surface area contributed by atoms with Gasteiger partial charge in [0.1, 0.15) is 5.75 Å². The van der Waals surface area contributed by atoms with Gasteiger partial charge in [0.15, 0.2) is 0 Å². The van der Waals surface area contributed by atoms with E-state index in [1.165, 1.54) is 26.4 Å². The normalized spacial score (nSPS) is 16.4. The summed E-state index contributed by atoms with van der Waals surface area (Å²) in [7, 11) is 1.29. The smallest absolute Gasteiger partial charge is 0.427 e. The zero-order chi connectivity index (χ0) is 15.9. The summed E-state index contributed by atoms with van der Waals surface area (Å²) in [5.41, 5.74) is 4.70. The molecule has 22 heavy (non-hydrogen) atoms. The van der Waals surface area contributed by atoms with Gasteiger partial charge in [0.05, 0.1) is 12.8 Å². The van der Waals surface area contributed by atoms with E-state index < -0.39 is 6.09 Å². The van der Waals surface area contributed by atoms with Crippen molar-refractivity contribution in [2.45, 2.75) is 32.7 Å². The maximum Gasteiger partial charge on any atom is 0.427 e. The molecule has 0 atom stereocenters. The molecule has 0 radical (unpaired) electrons. The molecule has 0 spiro atoms. The Morgan fingerprint density at radius 3 is 2.77 bits per heavy atom. The van der Waals surface area contributed by atoms with E-state index in [9.17, 15) is 9.90 Å². The summed E-state index contributed by atoms with van der Waals surface area (Å²) < 4.78 is 4.48. The number of rotatable bonds is 4. The van der Waals surface area contributed by atoms with Crippen LogP contribution in [-0.4, -0.2) is 42.0 Å². The topological polar surface area (TPSA) is 74.2 Å². The number of likely N-dealkylation sites (tertiary alicyclic amines) is 1. The molecule has 1 aliphatic heterocycles. The van der Waals surface area contributed by atoms with Crippen LogP contribution in [-0.2, 0) is 11.3 Å². The first-order chi connectivity index (χ1) is 10.6. The Kier molecular flexibility index (Phi) is 5.77. The molecular weight excluding hydrogens is 282 g/mol. The number of piperidine rings is 1. The van der Waals surface area contributed by atoms with E-state index in [2.05, 4.69) is 20.2 Å². The lowest BCUT2D eigenvalue weighted by molar-refractivity contribution is 0.171. The SMILES string of the molecule is COC(=O)N/N=C(\C)c1ccc(O)c(CN2CCCCC2)c1. The quantitative estimate of drug-likeness (QED) is 0.662. The van der Waals surface area contributed by atoms with Crippen molar-refractivity contribution >= 4 is 11.8 Å². The number of benzene rings is 1. The van der Waals surface area contributed by atoms with Gasteiger partial charge in [-0.05, 0) is 56.6 Å². The molecule has 1 aromatic carbocycles. The molecule has 0 unspecified atom stereocenters. The third kappa shape index (κ3) is 4.46. The fourth-order valence-corrected chi connectivity index (χ4v) is 2.54. The van der Waals surface area contributed by atoms with Gasteiger partial charge in [-0.15, -0.1) is 0 Å². The molecule has 6 heteroatoms. The van der Waals surface area contributed by atoms with Crippen LogP contribution in [0.4, 0.5) is 4.79 Å². The molecule has 6 nitrogen and oxygen atoms in total. The van der Waals surface area contributed by atoms with Gasteiger partial charge in [0.25, 0.3) is 0 Å². The van der Waals surface area contributed by atoms with E-state index in [0.29, 0.717) is 11.5 Å². The molecule has 1 heterocycles. The minimum absolute atomic E-state index is 0.294. The van der Waals surface area contributed by atoms with Crippen molar-refractivity contribution in [1.29, 1.82) is 0 Å². The molecule has 120 valence electrons. The number of methoxy groups -OCH3 is 1. The Morgan fingerprint density at radius 1 is 1.36 bits per heavy atom. The zero-order valence-electron chi connectivity index (χ0n) is 13.1. The van der Waals surface area contributed by atoms with Crippen molar-refractivity contribution in [3.8, 4) is 5.75 Å². The summed E-state index contributed by atoms with van der Waals surface area (Å²) in [6.07, 6.45) is 3.10. The van der Waals surface area contributed by atoms with Crippen molar-refractivity contribution in [1.82, 2.24) is 10.3 Å². The van der Waals surface area contributed by atoms with Gasteiger partial charge < -0.3 is 9.84 Å². The molecule has 2 rings (SSSR count). The van der Waals surface area contributed by atoms with E-state index in [4.69, 9.17) is 0 Å². The lowest BCUT2D eigenvalue weighted by atomic mass is 10.0. The van der Waals surface area contributed by atoms with Crippen LogP contribution < -0.4 is 5.43 Å². The van der Waals surface area contributed by atoms with Crippen LogP contribution in [0.3, 0.4) is 0 Å². The van der Waals surface area contributed by atoms with Gasteiger partial charge in [-0.1, -0.05) is 6.42 Å². The Labute approximate surface area is 130 Å². The number of aromatic hydroxyl groups is 1. The summed E-state index contributed by atoms with van der Waals surface area (Å²) in [5, 5.41) is 14.0. The van der Waals surface area contributed by atoms with Crippen LogP contribution in [0, 0.1) is 0 Å². The molecular formula is C16H23N3O3. The maximum absolute atomic E-state index is 11.0. The Bertz CT molecular complexity index is 552. The second kappa shape index (κ2) is 7.79. The van der Waals surface area contributed by atoms with Crippen molar-refractivity contribution < 1.29 is 14.6 Å². The molecule has 2 N–H and O–H groups in total. The molecule has 1 saturated heterocycles. The van der Waals surface area contributed by atoms with Crippen molar-refractivity contribution in [2.24, 2.45) is 5.10 Å². The van der Waals surface area contributed by atoms with Gasteiger partial charge in [-0.2, -0.15) is 5.10 Å². The number of phenolic OH excluding ortho intramolecular Hbond substituents is 1. The van der Waals surface area contributed by atoms with E-state index in [1.807, 2.05) is 6.07 Å². The fourth-order valence-electron chi connectivity index (χ4n) is 2.54. The van der Waals surface area contributed by atoms with E-state index in [1.54, 1.807) is 19.1 Å². The summed E-state index contributed by atoms with van der Waals surface area (Å²) in [6.45, 7) is 4.67. The van der Waals surface area contributed by atoms with Gasteiger partial charge >= 0.3 is 6.09 Å². The van der Waals surface area contributed by atoms with Crippen LogP contribution >= 0.6 is 0 Å². The number of nitrogens with zero attached hydrogens (tertiary/aromatic N) is 2. The molecule has 0 aliphatic carbocycles. The molecule has 1 aromatic rings. The fraction of sp³-hybridized carbons (Fsp3) is 0.500. The van der Waals surface area contributed by atoms with Crippen LogP contribution in [0.1, 0.15) is 37.3 Å². The van der Waals surface area contributed by atoms with Gasteiger partial charge in [-0.25, -0.2) is 10.2 Å². The number of hydrazone groups is 1. The van der Waals surface area contributed by atoms with Crippen LogP contribution in [0.25, 0.3) is 0 Å². The third-order valence-corrected chi connectivity index (χ3v) is 3.84. The highest BCUT2D eigenvalue weighted by atomic mass is 16.5. The van der Waals surface area contributed by atoms with Gasteiger partial charge in [0, 0.05) is 12.1 Å². The highest BCUT2D eigenvalue weighted by Gasteiger charge is 2.13. The predicted molar refractivity (Wildman–Crippen MR) is 85.0 cm³/mol. The number of amides is 1. The van der Waals surface area contributed by atoms with Gasteiger partial charge in [-0.3, -0.25) is 4.90 Å². The summed E-state index contributed by atoms with van der Waals surface area (Å²) >= 11 is 0. The summed E-state index contributed by atoms with van der Waals surface area (Å²) in [4.78, 5) is 13.4. The predicted octanol–water partition coefficient (Wildman–Crippen LogP) is 2.46. The number of nitrogens with one attached hydrogen (secondary N) is 1.